The second kappa shape index (κ2) is 10.9. The summed E-state index contributed by atoms with van der Waals surface area (Å²) < 4.78 is 4.73. The highest BCUT2D eigenvalue weighted by Crippen LogP contribution is 2.32. The zero-order valence-electron chi connectivity index (χ0n) is 23.1. The molecule has 1 aliphatic heterocycles. The minimum atomic E-state index is -0.430. The molecule has 8 nitrogen and oxygen atoms in total. The quantitative estimate of drug-likeness (QED) is 0.503. The summed E-state index contributed by atoms with van der Waals surface area (Å²) in [5.41, 5.74) is 2.40. The van der Waals surface area contributed by atoms with Gasteiger partial charge in [-0.3, -0.25) is 14.6 Å². The summed E-state index contributed by atoms with van der Waals surface area (Å²) in [6.45, 7) is 16.8. The van der Waals surface area contributed by atoms with E-state index < -0.39 is 5.54 Å². The molecule has 1 atom stereocenters. The highest BCUT2D eigenvalue weighted by molar-refractivity contribution is 5.93. The van der Waals surface area contributed by atoms with E-state index in [1.807, 2.05) is 24.0 Å². The predicted octanol–water partition coefficient (Wildman–Crippen LogP) is 4.35. The Kier molecular flexibility index (Phi) is 8.37. The Hall–Kier alpha value is -3.03. The molecule has 3 heterocycles. The number of anilines is 1. The average molecular weight is 496 g/mol. The van der Waals surface area contributed by atoms with E-state index in [1.54, 1.807) is 12.4 Å². The van der Waals surface area contributed by atoms with Crippen LogP contribution in [0.25, 0.3) is 0 Å². The smallest absolute Gasteiger partial charge is 0.310 e. The number of nitrogens with zero attached hydrogens (tertiary/aromatic N) is 5. The molecule has 3 rings (SSSR count). The molecule has 0 spiro atoms. The normalized spacial score (nSPS) is 16.6. The van der Waals surface area contributed by atoms with Gasteiger partial charge in [-0.05, 0) is 44.7 Å². The first-order chi connectivity index (χ1) is 16.9. The topological polar surface area (TPSA) is 88.5 Å². The van der Waals surface area contributed by atoms with E-state index >= 15 is 0 Å². The van der Waals surface area contributed by atoms with Crippen molar-refractivity contribution in [2.45, 2.75) is 78.7 Å². The van der Waals surface area contributed by atoms with E-state index in [1.165, 1.54) is 7.11 Å². The lowest BCUT2D eigenvalue weighted by Crippen LogP contribution is -2.61. The lowest BCUT2D eigenvalue weighted by Gasteiger charge is -2.47. The average Bonchev–Trinajstić information content (AvgIpc) is 2.83. The second-order valence-corrected chi connectivity index (χ2v) is 11.3. The SMILES string of the molecule is CCC(C)CC(C)(C)c1nc(C(=O)N2CCN(c3ccc(CC(=O)OC)cn3)CC2(C)C)cnc1C. The first-order valence-corrected chi connectivity index (χ1v) is 12.8. The molecule has 1 fully saturated rings. The third-order valence-electron chi connectivity index (χ3n) is 7.23. The van der Waals surface area contributed by atoms with Crippen LogP contribution in [0.4, 0.5) is 5.82 Å². The number of hydrogen-bond donors (Lipinski definition) is 0. The molecule has 1 amide bonds. The van der Waals surface area contributed by atoms with Crippen molar-refractivity contribution in [3.05, 3.63) is 47.2 Å². The number of piperazine rings is 1. The number of rotatable bonds is 8. The number of hydrogen-bond acceptors (Lipinski definition) is 7. The third-order valence-corrected chi connectivity index (χ3v) is 7.23. The molecular formula is C28H41N5O3. The molecule has 1 aliphatic rings. The summed E-state index contributed by atoms with van der Waals surface area (Å²) >= 11 is 0. The van der Waals surface area contributed by atoms with Gasteiger partial charge in [-0.1, -0.05) is 40.2 Å². The number of ether oxygens (including phenoxy) is 1. The van der Waals surface area contributed by atoms with Crippen LogP contribution in [0.1, 0.15) is 81.8 Å². The fourth-order valence-electron chi connectivity index (χ4n) is 5.12. The molecule has 8 heteroatoms. The van der Waals surface area contributed by atoms with Crippen LogP contribution in [0, 0.1) is 12.8 Å². The number of amides is 1. The van der Waals surface area contributed by atoms with Crippen molar-refractivity contribution < 1.29 is 14.3 Å². The van der Waals surface area contributed by atoms with Crippen molar-refractivity contribution in [3.63, 3.8) is 0 Å². The van der Waals surface area contributed by atoms with Gasteiger partial charge in [-0.2, -0.15) is 0 Å². The van der Waals surface area contributed by atoms with Gasteiger partial charge in [-0.25, -0.2) is 9.97 Å². The summed E-state index contributed by atoms with van der Waals surface area (Å²) in [6, 6.07) is 3.82. The Morgan fingerprint density at radius 1 is 1.17 bits per heavy atom. The highest BCUT2D eigenvalue weighted by Gasteiger charge is 2.39. The van der Waals surface area contributed by atoms with Crippen LogP contribution in [-0.2, 0) is 21.4 Å². The number of esters is 1. The largest absolute Gasteiger partial charge is 0.469 e. The molecule has 1 unspecified atom stereocenters. The Labute approximate surface area is 215 Å². The number of carbonyl (C=O) groups is 2. The Balaban J connectivity index is 1.76. The summed E-state index contributed by atoms with van der Waals surface area (Å²) in [7, 11) is 1.38. The fourth-order valence-corrected chi connectivity index (χ4v) is 5.12. The molecule has 0 aromatic carbocycles. The second-order valence-electron chi connectivity index (χ2n) is 11.3. The van der Waals surface area contributed by atoms with Gasteiger partial charge in [0.2, 0.25) is 0 Å². The molecule has 0 N–H and O–H groups in total. The molecule has 0 saturated carbocycles. The van der Waals surface area contributed by atoms with Gasteiger partial charge in [0.25, 0.3) is 5.91 Å². The first-order valence-electron chi connectivity index (χ1n) is 12.8. The van der Waals surface area contributed by atoms with Crippen LogP contribution in [-0.4, -0.2) is 64.0 Å². The van der Waals surface area contributed by atoms with Crippen molar-refractivity contribution in [1.29, 1.82) is 0 Å². The zero-order valence-corrected chi connectivity index (χ0v) is 23.1. The lowest BCUT2D eigenvalue weighted by atomic mass is 9.79. The molecule has 36 heavy (non-hydrogen) atoms. The molecule has 2 aromatic rings. The van der Waals surface area contributed by atoms with Gasteiger partial charge in [0.05, 0.1) is 36.7 Å². The summed E-state index contributed by atoms with van der Waals surface area (Å²) in [4.78, 5) is 43.2. The van der Waals surface area contributed by atoms with Crippen molar-refractivity contribution in [2.24, 2.45) is 5.92 Å². The summed E-state index contributed by atoms with van der Waals surface area (Å²) in [5.74, 6) is 1.02. The minimum Gasteiger partial charge on any atom is -0.469 e. The van der Waals surface area contributed by atoms with Gasteiger partial charge >= 0.3 is 5.97 Å². The summed E-state index contributed by atoms with van der Waals surface area (Å²) in [6.07, 6.45) is 5.62. The number of pyridine rings is 1. The molecule has 196 valence electrons. The molecular weight excluding hydrogens is 454 g/mol. The van der Waals surface area contributed by atoms with Gasteiger partial charge in [0.15, 0.2) is 0 Å². The first kappa shape index (κ1) is 27.6. The molecule has 0 bridgehead atoms. The Bertz CT molecular complexity index is 1080. The van der Waals surface area contributed by atoms with E-state index in [0.29, 0.717) is 31.2 Å². The van der Waals surface area contributed by atoms with Gasteiger partial charge in [0.1, 0.15) is 11.5 Å². The Morgan fingerprint density at radius 3 is 2.47 bits per heavy atom. The maximum atomic E-state index is 13.6. The highest BCUT2D eigenvalue weighted by atomic mass is 16.5. The molecule has 1 saturated heterocycles. The molecule has 2 aromatic heterocycles. The van der Waals surface area contributed by atoms with Crippen molar-refractivity contribution in [2.75, 3.05) is 31.6 Å². The predicted molar refractivity (Wildman–Crippen MR) is 141 cm³/mol. The Morgan fingerprint density at radius 2 is 1.89 bits per heavy atom. The third kappa shape index (κ3) is 6.20. The van der Waals surface area contributed by atoms with Crippen molar-refractivity contribution >= 4 is 17.7 Å². The summed E-state index contributed by atoms with van der Waals surface area (Å²) in [5, 5.41) is 0. The van der Waals surface area contributed by atoms with Crippen molar-refractivity contribution in [3.8, 4) is 0 Å². The van der Waals surface area contributed by atoms with E-state index in [-0.39, 0.29) is 23.7 Å². The maximum Gasteiger partial charge on any atom is 0.310 e. The zero-order chi connectivity index (χ0) is 26.7. The van der Waals surface area contributed by atoms with Crippen LogP contribution in [0.5, 0.6) is 0 Å². The van der Waals surface area contributed by atoms with Gasteiger partial charge < -0.3 is 14.5 Å². The van der Waals surface area contributed by atoms with Gasteiger partial charge in [0, 0.05) is 31.2 Å². The van der Waals surface area contributed by atoms with Crippen LogP contribution < -0.4 is 4.90 Å². The van der Waals surface area contributed by atoms with Crippen LogP contribution in [0.2, 0.25) is 0 Å². The van der Waals surface area contributed by atoms with E-state index in [9.17, 15) is 9.59 Å². The fraction of sp³-hybridized carbons (Fsp3) is 0.607. The van der Waals surface area contributed by atoms with Crippen LogP contribution in [0.15, 0.2) is 24.5 Å². The number of carbonyl (C=O) groups excluding carboxylic acids is 2. The van der Waals surface area contributed by atoms with Crippen molar-refractivity contribution in [1.82, 2.24) is 19.9 Å². The van der Waals surface area contributed by atoms with E-state index in [4.69, 9.17) is 9.72 Å². The van der Waals surface area contributed by atoms with Gasteiger partial charge in [-0.15, -0.1) is 0 Å². The number of methoxy groups -OCH3 is 1. The lowest BCUT2D eigenvalue weighted by molar-refractivity contribution is -0.139. The van der Waals surface area contributed by atoms with Crippen LogP contribution >= 0.6 is 0 Å². The van der Waals surface area contributed by atoms with E-state index in [2.05, 4.69) is 56.4 Å². The standard InChI is InChI=1S/C28H41N5O3/c1-9-19(2)15-27(4,5)25-20(3)29-17-22(31-25)26(35)33-13-12-32(18-28(33,6)7)23-11-10-21(16-30-23)14-24(34)36-8/h10-11,16-17,19H,9,12-15,18H2,1-8H3. The molecule has 0 aliphatic carbocycles. The van der Waals surface area contributed by atoms with Crippen LogP contribution in [0.3, 0.4) is 0 Å². The number of aryl methyl sites for hydroxylation is 1. The molecule has 0 radical (unpaired) electrons. The minimum absolute atomic E-state index is 0.0888. The van der Waals surface area contributed by atoms with E-state index in [0.717, 1.165) is 35.6 Å². The maximum absolute atomic E-state index is 13.6. The monoisotopic (exact) mass is 495 g/mol. The number of aromatic nitrogens is 3.